The third-order valence-corrected chi connectivity index (χ3v) is 4.90. The summed E-state index contributed by atoms with van der Waals surface area (Å²) < 4.78 is 5.61. The van der Waals surface area contributed by atoms with Gasteiger partial charge in [0, 0.05) is 31.2 Å². The molecule has 1 fully saturated rings. The summed E-state index contributed by atoms with van der Waals surface area (Å²) in [5.41, 5.74) is 2.89. The molecule has 1 saturated heterocycles. The standard InChI is InChI=1S/C21H26ClN3O2/c1-24-10-12-25(13-11-24)20-8-7-18(22)15-19(20)23-21(26)9-14-27-16-17-5-3-2-4-6-17/h2-8,15H,9-14,16H2,1H3,(H,23,26). The van der Waals surface area contributed by atoms with Gasteiger partial charge in [0.25, 0.3) is 0 Å². The van der Waals surface area contributed by atoms with E-state index in [1.807, 2.05) is 48.5 Å². The molecule has 3 rings (SSSR count). The summed E-state index contributed by atoms with van der Waals surface area (Å²) in [6.07, 6.45) is 0.307. The fourth-order valence-electron chi connectivity index (χ4n) is 3.07. The van der Waals surface area contributed by atoms with Crippen molar-refractivity contribution in [2.75, 3.05) is 50.1 Å². The van der Waals surface area contributed by atoms with E-state index in [4.69, 9.17) is 16.3 Å². The molecule has 1 amide bonds. The van der Waals surface area contributed by atoms with Crippen LogP contribution in [0.15, 0.2) is 48.5 Å². The largest absolute Gasteiger partial charge is 0.376 e. The number of nitrogens with zero attached hydrogens (tertiary/aromatic N) is 2. The number of halogens is 1. The molecule has 0 unspecified atom stereocenters. The average Bonchev–Trinajstić information content (AvgIpc) is 2.67. The number of anilines is 2. The van der Waals surface area contributed by atoms with Crippen LogP contribution in [0.25, 0.3) is 0 Å². The molecule has 0 atom stereocenters. The molecule has 0 aliphatic carbocycles. The van der Waals surface area contributed by atoms with Gasteiger partial charge in [-0.25, -0.2) is 0 Å². The number of rotatable bonds is 7. The molecule has 0 bridgehead atoms. The van der Waals surface area contributed by atoms with Crippen LogP contribution in [0.5, 0.6) is 0 Å². The highest BCUT2D eigenvalue weighted by Crippen LogP contribution is 2.30. The highest BCUT2D eigenvalue weighted by atomic mass is 35.5. The van der Waals surface area contributed by atoms with Crippen LogP contribution >= 0.6 is 11.6 Å². The Morgan fingerprint density at radius 2 is 1.85 bits per heavy atom. The van der Waals surface area contributed by atoms with E-state index in [0.29, 0.717) is 24.7 Å². The molecule has 5 nitrogen and oxygen atoms in total. The number of piperazine rings is 1. The minimum atomic E-state index is -0.0688. The van der Waals surface area contributed by atoms with Gasteiger partial charge in [0.2, 0.25) is 5.91 Å². The van der Waals surface area contributed by atoms with E-state index >= 15 is 0 Å². The number of benzene rings is 2. The van der Waals surface area contributed by atoms with E-state index in [9.17, 15) is 4.79 Å². The quantitative estimate of drug-likeness (QED) is 0.737. The van der Waals surface area contributed by atoms with E-state index in [0.717, 1.165) is 43.1 Å². The van der Waals surface area contributed by atoms with Crippen molar-refractivity contribution in [2.24, 2.45) is 0 Å². The third-order valence-electron chi connectivity index (χ3n) is 4.66. The summed E-state index contributed by atoms with van der Waals surface area (Å²) >= 11 is 6.15. The molecule has 2 aromatic rings. The Morgan fingerprint density at radius 3 is 2.59 bits per heavy atom. The molecular formula is C21H26ClN3O2. The number of amides is 1. The first-order valence-corrected chi connectivity index (χ1v) is 9.64. The van der Waals surface area contributed by atoms with Crippen LogP contribution < -0.4 is 10.2 Å². The second-order valence-electron chi connectivity index (χ2n) is 6.79. The van der Waals surface area contributed by atoms with Crippen LogP contribution in [-0.4, -0.2) is 50.6 Å². The average molecular weight is 388 g/mol. The van der Waals surface area contributed by atoms with Crippen LogP contribution in [0.1, 0.15) is 12.0 Å². The highest BCUT2D eigenvalue weighted by molar-refractivity contribution is 6.31. The summed E-state index contributed by atoms with van der Waals surface area (Å²) in [6.45, 7) is 4.76. The third kappa shape index (κ3) is 5.96. The van der Waals surface area contributed by atoms with Crippen LogP contribution in [0, 0.1) is 0 Å². The van der Waals surface area contributed by atoms with Crippen LogP contribution in [0.3, 0.4) is 0 Å². The molecule has 0 saturated carbocycles. The molecule has 1 heterocycles. The van der Waals surface area contributed by atoms with Crippen molar-refractivity contribution in [2.45, 2.75) is 13.0 Å². The maximum atomic E-state index is 12.4. The van der Waals surface area contributed by atoms with Gasteiger partial charge < -0.3 is 19.9 Å². The Hall–Kier alpha value is -2.08. The molecule has 1 aliphatic rings. The fraction of sp³-hybridized carbons (Fsp3) is 0.381. The van der Waals surface area contributed by atoms with Gasteiger partial charge in [-0.3, -0.25) is 4.79 Å². The van der Waals surface area contributed by atoms with Crippen LogP contribution in [0.2, 0.25) is 5.02 Å². The Kier molecular flexibility index (Phi) is 7.10. The van der Waals surface area contributed by atoms with Crippen molar-refractivity contribution in [3.63, 3.8) is 0 Å². The lowest BCUT2D eigenvalue weighted by Crippen LogP contribution is -2.44. The number of carbonyl (C=O) groups is 1. The number of hydrogen-bond acceptors (Lipinski definition) is 4. The molecule has 144 valence electrons. The lowest BCUT2D eigenvalue weighted by molar-refractivity contribution is -0.117. The normalized spacial score (nSPS) is 15.0. The first-order chi connectivity index (χ1) is 13.1. The van der Waals surface area contributed by atoms with E-state index < -0.39 is 0 Å². The van der Waals surface area contributed by atoms with Crippen molar-refractivity contribution < 1.29 is 9.53 Å². The highest BCUT2D eigenvalue weighted by Gasteiger charge is 2.18. The van der Waals surface area contributed by atoms with Gasteiger partial charge in [-0.2, -0.15) is 0 Å². The zero-order valence-electron chi connectivity index (χ0n) is 15.7. The van der Waals surface area contributed by atoms with E-state index in [1.165, 1.54) is 0 Å². The summed E-state index contributed by atoms with van der Waals surface area (Å²) in [5.74, 6) is -0.0688. The van der Waals surface area contributed by atoms with Crippen molar-refractivity contribution in [3.05, 3.63) is 59.1 Å². The number of nitrogens with one attached hydrogen (secondary N) is 1. The Labute approximate surface area is 165 Å². The summed E-state index contributed by atoms with van der Waals surface area (Å²) in [5, 5.41) is 3.61. The lowest BCUT2D eigenvalue weighted by Gasteiger charge is -2.35. The predicted molar refractivity (Wildman–Crippen MR) is 111 cm³/mol. The minimum absolute atomic E-state index is 0.0688. The molecular weight excluding hydrogens is 362 g/mol. The van der Waals surface area contributed by atoms with Crippen molar-refractivity contribution >= 4 is 28.9 Å². The van der Waals surface area contributed by atoms with Gasteiger partial charge in [0.05, 0.1) is 31.0 Å². The maximum Gasteiger partial charge on any atom is 0.226 e. The zero-order valence-corrected chi connectivity index (χ0v) is 16.4. The predicted octanol–water partition coefficient (Wildman–Crippen LogP) is 3.64. The first kappa shape index (κ1) is 19.7. The van der Waals surface area contributed by atoms with Crippen molar-refractivity contribution in [3.8, 4) is 0 Å². The Bertz CT molecular complexity index is 746. The second kappa shape index (κ2) is 9.74. The molecule has 27 heavy (non-hydrogen) atoms. The van der Waals surface area contributed by atoms with Crippen LogP contribution in [-0.2, 0) is 16.1 Å². The fourth-order valence-corrected chi connectivity index (χ4v) is 3.25. The second-order valence-corrected chi connectivity index (χ2v) is 7.22. The molecule has 1 aliphatic heterocycles. The maximum absolute atomic E-state index is 12.4. The smallest absolute Gasteiger partial charge is 0.226 e. The van der Waals surface area contributed by atoms with Gasteiger partial charge in [-0.15, -0.1) is 0 Å². The van der Waals surface area contributed by atoms with Gasteiger partial charge >= 0.3 is 0 Å². The van der Waals surface area contributed by atoms with Crippen LogP contribution in [0.4, 0.5) is 11.4 Å². The van der Waals surface area contributed by atoms with E-state index in [2.05, 4.69) is 22.2 Å². The molecule has 6 heteroatoms. The molecule has 1 N–H and O–H groups in total. The summed E-state index contributed by atoms with van der Waals surface area (Å²) in [7, 11) is 2.12. The summed E-state index contributed by atoms with van der Waals surface area (Å²) in [6, 6.07) is 15.6. The molecule has 0 spiro atoms. The molecule has 0 aromatic heterocycles. The number of ether oxygens (including phenoxy) is 1. The van der Waals surface area contributed by atoms with Crippen molar-refractivity contribution in [1.29, 1.82) is 0 Å². The molecule has 2 aromatic carbocycles. The monoisotopic (exact) mass is 387 g/mol. The Morgan fingerprint density at radius 1 is 1.11 bits per heavy atom. The summed E-state index contributed by atoms with van der Waals surface area (Å²) in [4.78, 5) is 17.0. The first-order valence-electron chi connectivity index (χ1n) is 9.26. The number of likely N-dealkylation sites (N-methyl/N-ethyl adjacent to an activating group) is 1. The van der Waals surface area contributed by atoms with Gasteiger partial charge in [-0.1, -0.05) is 41.9 Å². The van der Waals surface area contributed by atoms with E-state index in [1.54, 1.807) is 0 Å². The topological polar surface area (TPSA) is 44.8 Å². The van der Waals surface area contributed by atoms with Crippen molar-refractivity contribution in [1.82, 2.24) is 4.90 Å². The number of hydrogen-bond donors (Lipinski definition) is 1. The zero-order chi connectivity index (χ0) is 19.1. The van der Waals surface area contributed by atoms with Gasteiger partial charge in [-0.05, 0) is 30.8 Å². The SMILES string of the molecule is CN1CCN(c2ccc(Cl)cc2NC(=O)CCOCc2ccccc2)CC1. The van der Waals surface area contributed by atoms with Gasteiger partial charge in [0.15, 0.2) is 0 Å². The number of carbonyl (C=O) groups excluding carboxylic acids is 1. The minimum Gasteiger partial charge on any atom is -0.376 e. The van der Waals surface area contributed by atoms with Gasteiger partial charge in [0.1, 0.15) is 0 Å². The van der Waals surface area contributed by atoms with E-state index in [-0.39, 0.29) is 5.91 Å². The lowest BCUT2D eigenvalue weighted by atomic mass is 10.2. The Balaban J connectivity index is 1.53. The molecule has 0 radical (unpaired) electrons.